The van der Waals surface area contributed by atoms with Crippen LogP contribution >= 0.6 is 0 Å². The van der Waals surface area contributed by atoms with Gasteiger partial charge in [0.15, 0.2) is 0 Å². The van der Waals surface area contributed by atoms with Crippen LogP contribution in [0.5, 0.6) is 0 Å². The molecule has 1 N–H and O–H groups in total. The summed E-state index contributed by atoms with van der Waals surface area (Å²) in [5, 5.41) is 2.97. The van der Waals surface area contributed by atoms with Crippen molar-refractivity contribution in [2.24, 2.45) is 5.92 Å². The fourth-order valence-corrected chi connectivity index (χ4v) is 2.62. The lowest BCUT2D eigenvalue weighted by Crippen LogP contribution is -2.46. The van der Waals surface area contributed by atoms with Gasteiger partial charge in [-0.05, 0) is 30.4 Å². The summed E-state index contributed by atoms with van der Waals surface area (Å²) in [6, 6.07) is 9.73. The summed E-state index contributed by atoms with van der Waals surface area (Å²) in [4.78, 5) is 26.0. The van der Waals surface area contributed by atoms with E-state index in [4.69, 9.17) is 0 Å². The van der Waals surface area contributed by atoms with Gasteiger partial charge >= 0.3 is 0 Å². The van der Waals surface area contributed by atoms with Crippen LogP contribution in [0.15, 0.2) is 36.4 Å². The average molecular weight is 300 g/mol. The Morgan fingerprint density at radius 1 is 1.32 bits per heavy atom. The maximum Gasteiger partial charge on any atom is 0.248 e. The third-order valence-electron chi connectivity index (χ3n) is 3.68. The standard InChI is InChI=1S/C18H24N2O2/c1-14(2)13-17(21)19-16-9-6-12-20(16)18(22)11-10-15-7-4-3-5-8-15/h3-5,7-8,10-11,14,16H,6,9,12-13H2,1-2H3,(H,19,21). The van der Waals surface area contributed by atoms with Crippen molar-refractivity contribution < 1.29 is 9.59 Å². The molecule has 1 fully saturated rings. The first kappa shape index (κ1) is 16.3. The summed E-state index contributed by atoms with van der Waals surface area (Å²) in [6.45, 7) is 4.73. The van der Waals surface area contributed by atoms with Gasteiger partial charge in [-0.3, -0.25) is 9.59 Å². The topological polar surface area (TPSA) is 49.4 Å². The van der Waals surface area contributed by atoms with Gasteiger partial charge < -0.3 is 10.2 Å². The molecule has 1 heterocycles. The zero-order valence-electron chi connectivity index (χ0n) is 13.3. The van der Waals surface area contributed by atoms with Gasteiger partial charge in [0.1, 0.15) is 6.17 Å². The van der Waals surface area contributed by atoms with Gasteiger partial charge in [0, 0.05) is 19.0 Å². The molecule has 1 aliphatic rings. The first-order valence-electron chi connectivity index (χ1n) is 7.89. The van der Waals surface area contributed by atoms with Crippen molar-refractivity contribution in [2.75, 3.05) is 6.54 Å². The fraction of sp³-hybridized carbons (Fsp3) is 0.444. The molecular formula is C18H24N2O2. The normalized spacial score (nSPS) is 18.1. The van der Waals surface area contributed by atoms with Crippen LogP contribution in [0.1, 0.15) is 38.7 Å². The molecule has 1 unspecified atom stereocenters. The first-order chi connectivity index (χ1) is 10.6. The molecule has 0 saturated carbocycles. The second-order valence-electron chi connectivity index (χ2n) is 6.10. The van der Waals surface area contributed by atoms with Crippen molar-refractivity contribution in [3.63, 3.8) is 0 Å². The number of hydrogen-bond donors (Lipinski definition) is 1. The number of carbonyl (C=O) groups excluding carboxylic acids is 2. The van der Waals surface area contributed by atoms with E-state index in [1.54, 1.807) is 11.0 Å². The number of carbonyl (C=O) groups is 2. The minimum Gasteiger partial charge on any atom is -0.336 e. The van der Waals surface area contributed by atoms with Gasteiger partial charge in [-0.25, -0.2) is 0 Å². The highest BCUT2D eigenvalue weighted by Crippen LogP contribution is 2.16. The van der Waals surface area contributed by atoms with E-state index in [1.165, 1.54) is 0 Å². The molecular weight excluding hydrogens is 276 g/mol. The van der Waals surface area contributed by atoms with E-state index in [-0.39, 0.29) is 18.0 Å². The number of amides is 2. The summed E-state index contributed by atoms with van der Waals surface area (Å²) < 4.78 is 0. The van der Waals surface area contributed by atoms with Crippen LogP contribution < -0.4 is 5.32 Å². The lowest BCUT2D eigenvalue weighted by molar-refractivity contribution is -0.129. The zero-order chi connectivity index (χ0) is 15.9. The van der Waals surface area contributed by atoms with Crippen molar-refractivity contribution in [1.29, 1.82) is 0 Å². The predicted molar refractivity (Wildman–Crippen MR) is 87.8 cm³/mol. The molecule has 22 heavy (non-hydrogen) atoms. The van der Waals surface area contributed by atoms with Gasteiger partial charge in [-0.15, -0.1) is 0 Å². The van der Waals surface area contributed by atoms with Crippen LogP contribution in [0.4, 0.5) is 0 Å². The lowest BCUT2D eigenvalue weighted by Gasteiger charge is -2.24. The maximum atomic E-state index is 12.3. The Kier molecular flexibility index (Phi) is 5.75. The Balaban J connectivity index is 1.93. The fourth-order valence-electron chi connectivity index (χ4n) is 2.62. The molecule has 1 aromatic rings. The van der Waals surface area contributed by atoms with Gasteiger partial charge in [-0.1, -0.05) is 44.2 Å². The molecule has 2 rings (SSSR count). The molecule has 1 atom stereocenters. The molecule has 1 aromatic carbocycles. The van der Waals surface area contributed by atoms with Crippen LogP contribution in [-0.2, 0) is 9.59 Å². The van der Waals surface area contributed by atoms with Crippen molar-refractivity contribution in [1.82, 2.24) is 10.2 Å². The van der Waals surface area contributed by atoms with E-state index in [9.17, 15) is 9.59 Å². The van der Waals surface area contributed by atoms with Crippen molar-refractivity contribution >= 4 is 17.9 Å². The van der Waals surface area contributed by atoms with Crippen molar-refractivity contribution in [3.05, 3.63) is 42.0 Å². The minimum atomic E-state index is -0.167. The van der Waals surface area contributed by atoms with Gasteiger partial charge in [-0.2, -0.15) is 0 Å². The second-order valence-corrected chi connectivity index (χ2v) is 6.10. The summed E-state index contributed by atoms with van der Waals surface area (Å²) in [5.74, 6) is 0.298. The number of nitrogens with one attached hydrogen (secondary N) is 1. The van der Waals surface area contributed by atoms with E-state index in [2.05, 4.69) is 5.32 Å². The van der Waals surface area contributed by atoms with E-state index >= 15 is 0 Å². The molecule has 118 valence electrons. The van der Waals surface area contributed by atoms with Crippen LogP contribution in [-0.4, -0.2) is 29.4 Å². The minimum absolute atomic E-state index is 0.0201. The van der Waals surface area contributed by atoms with E-state index in [1.807, 2.05) is 50.3 Å². The van der Waals surface area contributed by atoms with Crippen LogP contribution in [0.25, 0.3) is 6.08 Å². The Labute approximate surface area is 132 Å². The number of benzene rings is 1. The third kappa shape index (κ3) is 4.72. The number of nitrogens with zero attached hydrogens (tertiary/aromatic N) is 1. The summed E-state index contributed by atoms with van der Waals surface area (Å²) in [7, 11) is 0. The molecule has 0 aliphatic carbocycles. The average Bonchev–Trinajstić information content (AvgIpc) is 2.93. The molecule has 0 aromatic heterocycles. The molecule has 4 nitrogen and oxygen atoms in total. The molecule has 0 bridgehead atoms. The highest BCUT2D eigenvalue weighted by molar-refractivity contribution is 5.92. The lowest BCUT2D eigenvalue weighted by atomic mass is 10.1. The Morgan fingerprint density at radius 2 is 2.05 bits per heavy atom. The van der Waals surface area contributed by atoms with Crippen LogP contribution in [0.2, 0.25) is 0 Å². The highest BCUT2D eigenvalue weighted by Gasteiger charge is 2.28. The smallest absolute Gasteiger partial charge is 0.248 e. The maximum absolute atomic E-state index is 12.3. The van der Waals surface area contributed by atoms with E-state index in [0.29, 0.717) is 18.9 Å². The molecule has 1 aliphatic heterocycles. The predicted octanol–water partition coefficient (Wildman–Crippen LogP) is 2.81. The molecule has 4 heteroatoms. The summed E-state index contributed by atoms with van der Waals surface area (Å²) in [5.41, 5.74) is 0.996. The third-order valence-corrected chi connectivity index (χ3v) is 3.68. The van der Waals surface area contributed by atoms with Crippen LogP contribution in [0, 0.1) is 5.92 Å². The zero-order valence-corrected chi connectivity index (χ0v) is 13.3. The number of likely N-dealkylation sites (tertiary alicyclic amines) is 1. The monoisotopic (exact) mass is 300 g/mol. The summed E-state index contributed by atoms with van der Waals surface area (Å²) in [6.07, 6.45) is 5.49. The largest absolute Gasteiger partial charge is 0.336 e. The van der Waals surface area contributed by atoms with E-state index < -0.39 is 0 Å². The van der Waals surface area contributed by atoms with Gasteiger partial charge in [0.05, 0.1) is 0 Å². The second kappa shape index (κ2) is 7.78. The van der Waals surface area contributed by atoms with Gasteiger partial charge in [0.25, 0.3) is 0 Å². The quantitative estimate of drug-likeness (QED) is 0.850. The molecule has 1 saturated heterocycles. The van der Waals surface area contributed by atoms with E-state index in [0.717, 1.165) is 18.4 Å². The molecule has 0 radical (unpaired) electrons. The summed E-state index contributed by atoms with van der Waals surface area (Å²) >= 11 is 0. The highest BCUT2D eigenvalue weighted by atomic mass is 16.2. The number of rotatable bonds is 5. The van der Waals surface area contributed by atoms with Crippen LogP contribution in [0.3, 0.4) is 0 Å². The Morgan fingerprint density at radius 3 is 2.73 bits per heavy atom. The number of hydrogen-bond acceptors (Lipinski definition) is 2. The SMILES string of the molecule is CC(C)CC(=O)NC1CCCN1C(=O)C=Cc1ccccc1. The van der Waals surface area contributed by atoms with Gasteiger partial charge in [0.2, 0.25) is 11.8 Å². The molecule has 2 amide bonds. The Hall–Kier alpha value is -2.10. The van der Waals surface area contributed by atoms with Crippen molar-refractivity contribution in [2.45, 2.75) is 39.3 Å². The van der Waals surface area contributed by atoms with Crippen molar-refractivity contribution in [3.8, 4) is 0 Å². The Bertz CT molecular complexity index is 537. The molecule has 0 spiro atoms. The first-order valence-corrected chi connectivity index (χ1v) is 7.89.